The molecule has 0 saturated heterocycles. The van der Waals surface area contributed by atoms with Crippen LogP contribution in [-0.2, 0) is 0 Å². The molecule has 0 saturated carbocycles. The topological polar surface area (TPSA) is 43.8 Å². The molecule has 1 unspecified atom stereocenters. The van der Waals surface area contributed by atoms with Crippen molar-refractivity contribution in [3.8, 4) is 0 Å². The summed E-state index contributed by atoms with van der Waals surface area (Å²) in [7, 11) is 0. The van der Waals surface area contributed by atoms with E-state index >= 15 is 0 Å². The SMILES string of the molecule is Cc1nn(C(CN)C(C)(C)C)c(C)c1Cl. The van der Waals surface area contributed by atoms with Crippen LogP contribution in [0.5, 0.6) is 0 Å². The van der Waals surface area contributed by atoms with Gasteiger partial charge in [0.25, 0.3) is 0 Å². The minimum Gasteiger partial charge on any atom is -0.328 e. The van der Waals surface area contributed by atoms with Gasteiger partial charge in [0, 0.05) is 6.54 Å². The normalized spacial score (nSPS) is 14.3. The summed E-state index contributed by atoms with van der Waals surface area (Å²) in [6, 6.07) is 0.184. The van der Waals surface area contributed by atoms with Crippen molar-refractivity contribution in [2.75, 3.05) is 6.54 Å². The second-order valence-corrected chi connectivity index (χ2v) is 5.42. The van der Waals surface area contributed by atoms with Gasteiger partial charge in [0.2, 0.25) is 0 Å². The third-order valence-electron chi connectivity index (χ3n) is 2.75. The van der Waals surface area contributed by atoms with Crippen molar-refractivity contribution < 1.29 is 0 Å². The van der Waals surface area contributed by atoms with Gasteiger partial charge in [0.05, 0.1) is 22.5 Å². The van der Waals surface area contributed by atoms with Crippen LogP contribution in [0, 0.1) is 19.3 Å². The Morgan fingerprint density at radius 2 is 1.93 bits per heavy atom. The van der Waals surface area contributed by atoms with Gasteiger partial charge in [-0.05, 0) is 19.3 Å². The van der Waals surface area contributed by atoms with E-state index in [1.807, 2.05) is 18.5 Å². The van der Waals surface area contributed by atoms with Crippen molar-refractivity contribution in [2.45, 2.75) is 40.7 Å². The van der Waals surface area contributed by atoms with Crippen molar-refractivity contribution in [1.82, 2.24) is 9.78 Å². The molecule has 1 heterocycles. The van der Waals surface area contributed by atoms with Gasteiger partial charge >= 0.3 is 0 Å². The van der Waals surface area contributed by atoms with Gasteiger partial charge in [-0.15, -0.1) is 0 Å². The summed E-state index contributed by atoms with van der Waals surface area (Å²) in [6.07, 6.45) is 0. The largest absolute Gasteiger partial charge is 0.328 e. The highest BCUT2D eigenvalue weighted by Crippen LogP contribution is 2.32. The van der Waals surface area contributed by atoms with Crippen molar-refractivity contribution in [1.29, 1.82) is 0 Å². The first-order valence-electron chi connectivity index (χ1n) is 5.20. The number of aryl methyl sites for hydroxylation is 1. The molecule has 0 spiro atoms. The lowest BCUT2D eigenvalue weighted by atomic mass is 9.87. The molecule has 0 radical (unpaired) electrons. The number of nitrogens with zero attached hydrogens (tertiary/aromatic N) is 2. The third kappa shape index (κ3) is 2.34. The average Bonchev–Trinajstić information content (AvgIpc) is 2.33. The molecule has 1 aromatic rings. The fraction of sp³-hybridized carbons (Fsp3) is 0.727. The van der Waals surface area contributed by atoms with Gasteiger partial charge in [0.1, 0.15) is 0 Å². The highest BCUT2D eigenvalue weighted by atomic mass is 35.5. The Morgan fingerprint density at radius 3 is 2.20 bits per heavy atom. The first-order chi connectivity index (χ1) is 6.79. The summed E-state index contributed by atoms with van der Waals surface area (Å²) >= 11 is 6.13. The fourth-order valence-corrected chi connectivity index (χ4v) is 1.89. The minimum atomic E-state index is 0.0846. The monoisotopic (exact) mass is 229 g/mol. The van der Waals surface area contributed by atoms with Crippen LogP contribution in [0.3, 0.4) is 0 Å². The van der Waals surface area contributed by atoms with Gasteiger partial charge in [-0.1, -0.05) is 32.4 Å². The summed E-state index contributed by atoms with van der Waals surface area (Å²) < 4.78 is 1.96. The number of aromatic nitrogens is 2. The molecule has 0 aliphatic carbocycles. The molecule has 1 aromatic heterocycles. The van der Waals surface area contributed by atoms with Crippen LogP contribution in [0.2, 0.25) is 5.02 Å². The standard InChI is InChI=1S/C11H20ClN3/c1-7-10(12)8(2)15(14-7)9(6-13)11(3,4)5/h9H,6,13H2,1-5H3. The Morgan fingerprint density at radius 1 is 1.40 bits per heavy atom. The number of hydrogen-bond acceptors (Lipinski definition) is 2. The minimum absolute atomic E-state index is 0.0846. The highest BCUT2D eigenvalue weighted by molar-refractivity contribution is 6.31. The lowest BCUT2D eigenvalue weighted by Gasteiger charge is -2.30. The number of hydrogen-bond donors (Lipinski definition) is 1. The first kappa shape index (κ1) is 12.5. The van der Waals surface area contributed by atoms with Crippen LogP contribution in [0.15, 0.2) is 0 Å². The molecule has 0 aliphatic rings. The molecule has 0 fully saturated rings. The van der Waals surface area contributed by atoms with E-state index in [2.05, 4.69) is 25.9 Å². The second-order valence-electron chi connectivity index (χ2n) is 5.05. The number of nitrogens with two attached hydrogens (primary N) is 1. The third-order valence-corrected chi connectivity index (χ3v) is 3.30. The Kier molecular flexibility index (Phi) is 3.46. The van der Waals surface area contributed by atoms with Gasteiger partial charge in [0.15, 0.2) is 0 Å². The maximum Gasteiger partial charge on any atom is 0.0844 e. The second kappa shape index (κ2) is 4.14. The van der Waals surface area contributed by atoms with Crippen molar-refractivity contribution in [3.05, 3.63) is 16.4 Å². The zero-order valence-corrected chi connectivity index (χ0v) is 10.9. The molecule has 3 nitrogen and oxygen atoms in total. The van der Waals surface area contributed by atoms with Crippen LogP contribution < -0.4 is 5.73 Å². The van der Waals surface area contributed by atoms with Crippen LogP contribution in [-0.4, -0.2) is 16.3 Å². The molecule has 1 atom stereocenters. The van der Waals surface area contributed by atoms with E-state index in [-0.39, 0.29) is 11.5 Å². The molecular formula is C11H20ClN3. The fourth-order valence-electron chi connectivity index (χ4n) is 1.77. The van der Waals surface area contributed by atoms with Gasteiger partial charge in [-0.2, -0.15) is 5.10 Å². The Hall–Kier alpha value is -0.540. The summed E-state index contributed by atoms with van der Waals surface area (Å²) in [5, 5.41) is 5.20. The van der Waals surface area contributed by atoms with Gasteiger partial charge in [-0.3, -0.25) is 4.68 Å². The zero-order chi connectivity index (χ0) is 11.8. The average molecular weight is 230 g/mol. The number of rotatable bonds is 2. The van der Waals surface area contributed by atoms with E-state index in [4.69, 9.17) is 17.3 Å². The van der Waals surface area contributed by atoms with Crippen molar-refractivity contribution in [3.63, 3.8) is 0 Å². The maximum absolute atomic E-state index is 6.13. The van der Waals surface area contributed by atoms with Gasteiger partial charge in [-0.25, -0.2) is 0 Å². The molecule has 0 amide bonds. The molecule has 0 bridgehead atoms. The molecule has 2 N–H and O–H groups in total. The van der Waals surface area contributed by atoms with Crippen LogP contribution in [0.4, 0.5) is 0 Å². The molecule has 0 aliphatic heterocycles. The summed E-state index contributed by atoms with van der Waals surface area (Å²) in [5.74, 6) is 0. The van der Waals surface area contributed by atoms with Gasteiger partial charge < -0.3 is 5.73 Å². The molecule has 1 rings (SSSR count). The van der Waals surface area contributed by atoms with E-state index in [9.17, 15) is 0 Å². The summed E-state index contributed by atoms with van der Waals surface area (Å²) in [4.78, 5) is 0. The lowest BCUT2D eigenvalue weighted by Crippen LogP contribution is -2.32. The van der Waals surface area contributed by atoms with Crippen molar-refractivity contribution in [2.24, 2.45) is 11.1 Å². The predicted molar refractivity (Wildman–Crippen MR) is 64.3 cm³/mol. The quantitative estimate of drug-likeness (QED) is 0.848. The van der Waals surface area contributed by atoms with E-state index in [1.165, 1.54) is 0 Å². The van der Waals surface area contributed by atoms with Crippen molar-refractivity contribution >= 4 is 11.6 Å². The maximum atomic E-state index is 6.13. The van der Waals surface area contributed by atoms with Crippen LogP contribution in [0.25, 0.3) is 0 Å². The molecular weight excluding hydrogens is 210 g/mol. The number of halogens is 1. The Labute approximate surface area is 96.6 Å². The molecule has 86 valence electrons. The molecule has 15 heavy (non-hydrogen) atoms. The predicted octanol–water partition coefficient (Wildman–Crippen LogP) is 2.70. The smallest absolute Gasteiger partial charge is 0.0844 e. The van der Waals surface area contributed by atoms with Crippen LogP contribution >= 0.6 is 11.6 Å². The zero-order valence-electron chi connectivity index (χ0n) is 10.1. The van der Waals surface area contributed by atoms with E-state index < -0.39 is 0 Å². The van der Waals surface area contributed by atoms with E-state index in [0.29, 0.717) is 6.54 Å². The molecule has 4 heteroatoms. The lowest BCUT2D eigenvalue weighted by molar-refractivity contribution is 0.228. The van der Waals surface area contributed by atoms with E-state index in [0.717, 1.165) is 16.4 Å². The highest BCUT2D eigenvalue weighted by Gasteiger charge is 2.27. The van der Waals surface area contributed by atoms with E-state index in [1.54, 1.807) is 0 Å². The summed E-state index contributed by atoms with van der Waals surface area (Å²) in [6.45, 7) is 11.0. The Balaban J connectivity index is 3.19. The summed E-state index contributed by atoms with van der Waals surface area (Å²) in [5.41, 5.74) is 7.77. The van der Waals surface area contributed by atoms with Crippen LogP contribution in [0.1, 0.15) is 38.2 Å². The molecule has 0 aromatic carbocycles. The first-order valence-corrected chi connectivity index (χ1v) is 5.58. The Bertz CT molecular complexity index is 349.